The van der Waals surface area contributed by atoms with Gasteiger partial charge in [0.15, 0.2) is 0 Å². The van der Waals surface area contributed by atoms with Gasteiger partial charge in [0.25, 0.3) is 5.91 Å². The predicted molar refractivity (Wildman–Crippen MR) is 109 cm³/mol. The number of nitrogens with one attached hydrogen (secondary N) is 1. The van der Waals surface area contributed by atoms with Gasteiger partial charge in [0.05, 0.1) is 19.4 Å². The van der Waals surface area contributed by atoms with Gasteiger partial charge in [-0.25, -0.2) is 4.98 Å². The van der Waals surface area contributed by atoms with Gasteiger partial charge < -0.3 is 14.8 Å². The number of anilines is 1. The number of nitrogens with zero attached hydrogens (tertiary/aromatic N) is 3. The molecule has 2 aromatic heterocycles. The smallest absolute Gasteiger partial charge is 0.256 e. The first kappa shape index (κ1) is 19.0. The Labute approximate surface area is 169 Å². The number of aromatic nitrogens is 2. The van der Waals surface area contributed by atoms with Crippen LogP contribution in [0.2, 0.25) is 0 Å². The van der Waals surface area contributed by atoms with E-state index in [1.807, 2.05) is 18.2 Å². The SMILES string of the molecule is O=C(Nc1ccc(CN2CCOCC2)cn1)c1ccc(Oc2cccnc2)cc1. The minimum absolute atomic E-state index is 0.216. The van der Waals surface area contributed by atoms with Crippen molar-refractivity contribution in [1.29, 1.82) is 0 Å². The third kappa shape index (κ3) is 5.37. The molecule has 0 bridgehead atoms. The summed E-state index contributed by atoms with van der Waals surface area (Å²) in [4.78, 5) is 23.2. The molecule has 0 unspecified atom stereocenters. The normalized spacial score (nSPS) is 14.3. The van der Waals surface area contributed by atoms with E-state index in [0.717, 1.165) is 38.4 Å². The molecular weight excluding hydrogens is 368 g/mol. The fourth-order valence-electron chi connectivity index (χ4n) is 3.02. The minimum atomic E-state index is -0.216. The molecular formula is C22H22N4O3. The molecule has 148 valence electrons. The maximum absolute atomic E-state index is 12.5. The van der Waals surface area contributed by atoms with Crippen LogP contribution in [0.15, 0.2) is 67.1 Å². The molecule has 0 aliphatic carbocycles. The Morgan fingerprint density at radius 2 is 1.86 bits per heavy atom. The Hall–Kier alpha value is -3.29. The van der Waals surface area contributed by atoms with Crippen molar-refractivity contribution in [2.45, 2.75) is 6.54 Å². The van der Waals surface area contributed by atoms with Crippen molar-refractivity contribution in [3.8, 4) is 11.5 Å². The number of hydrogen-bond donors (Lipinski definition) is 1. The molecule has 4 rings (SSSR count). The summed E-state index contributed by atoms with van der Waals surface area (Å²) in [5.74, 6) is 1.59. The van der Waals surface area contributed by atoms with E-state index in [1.54, 1.807) is 48.9 Å². The zero-order valence-electron chi connectivity index (χ0n) is 16.0. The van der Waals surface area contributed by atoms with Crippen LogP contribution in [0.1, 0.15) is 15.9 Å². The molecule has 1 aromatic carbocycles. The summed E-state index contributed by atoms with van der Waals surface area (Å²) in [6, 6.07) is 14.4. The molecule has 1 fully saturated rings. The second kappa shape index (κ2) is 9.27. The topological polar surface area (TPSA) is 76.6 Å². The average molecular weight is 390 g/mol. The summed E-state index contributed by atoms with van der Waals surface area (Å²) in [6.07, 6.45) is 5.12. The second-order valence-corrected chi connectivity index (χ2v) is 6.71. The van der Waals surface area contributed by atoms with Crippen molar-refractivity contribution in [3.63, 3.8) is 0 Å². The Morgan fingerprint density at radius 3 is 2.55 bits per heavy atom. The monoisotopic (exact) mass is 390 g/mol. The first-order valence-corrected chi connectivity index (χ1v) is 9.50. The van der Waals surface area contributed by atoms with E-state index >= 15 is 0 Å². The van der Waals surface area contributed by atoms with Gasteiger partial charge in [-0.2, -0.15) is 0 Å². The lowest BCUT2D eigenvalue weighted by molar-refractivity contribution is 0.0341. The van der Waals surface area contributed by atoms with Crippen molar-refractivity contribution in [1.82, 2.24) is 14.9 Å². The largest absolute Gasteiger partial charge is 0.456 e. The zero-order valence-corrected chi connectivity index (χ0v) is 16.0. The number of rotatable bonds is 6. The van der Waals surface area contributed by atoms with Crippen molar-refractivity contribution >= 4 is 11.7 Å². The van der Waals surface area contributed by atoms with Gasteiger partial charge in [0, 0.05) is 37.6 Å². The molecule has 7 nitrogen and oxygen atoms in total. The second-order valence-electron chi connectivity index (χ2n) is 6.71. The molecule has 1 saturated heterocycles. The van der Waals surface area contributed by atoms with Crippen LogP contribution in [-0.2, 0) is 11.3 Å². The maximum Gasteiger partial charge on any atom is 0.256 e. The fraction of sp³-hybridized carbons (Fsp3) is 0.227. The third-order valence-electron chi connectivity index (χ3n) is 4.56. The lowest BCUT2D eigenvalue weighted by Crippen LogP contribution is -2.35. The summed E-state index contributed by atoms with van der Waals surface area (Å²) in [7, 11) is 0. The number of hydrogen-bond acceptors (Lipinski definition) is 6. The van der Waals surface area contributed by atoms with Gasteiger partial charge in [0.1, 0.15) is 17.3 Å². The van der Waals surface area contributed by atoms with Crippen LogP contribution in [0.25, 0.3) is 0 Å². The summed E-state index contributed by atoms with van der Waals surface area (Å²) >= 11 is 0. The molecule has 0 atom stereocenters. The van der Waals surface area contributed by atoms with E-state index in [4.69, 9.17) is 9.47 Å². The zero-order chi connectivity index (χ0) is 19.9. The third-order valence-corrected chi connectivity index (χ3v) is 4.56. The highest BCUT2D eigenvalue weighted by molar-refractivity contribution is 6.03. The van der Waals surface area contributed by atoms with Crippen LogP contribution in [0.5, 0.6) is 11.5 Å². The van der Waals surface area contributed by atoms with Crippen LogP contribution >= 0.6 is 0 Å². The van der Waals surface area contributed by atoms with Crippen LogP contribution in [0.4, 0.5) is 5.82 Å². The van der Waals surface area contributed by atoms with Crippen molar-refractivity contribution in [3.05, 3.63) is 78.2 Å². The first-order chi connectivity index (χ1) is 14.3. The Bertz CT molecular complexity index is 925. The summed E-state index contributed by atoms with van der Waals surface area (Å²) in [5.41, 5.74) is 1.64. The Balaban J connectivity index is 1.32. The van der Waals surface area contributed by atoms with Crippen molar-refractivity contribution in [2.75, 3.05) is 31.6 Å². The number of ether oxygens (including phenoxy) is 2. The van der Waals surface area contributed by atoms with Gasteiger partial charge in [-0.05, 0) is 48.0 Å². The Morgan fingerprint density at radius 1 is 1.03 bits per heavy atom. The van der Waals surface area contributed by atoms with Gasteiger partial charge in [-0.1, -0.05) is 6.07 Å². The van der Waals surface area contributed by atoms with Crippen LogP contribution in [0, 0.1) is 0 Å². The summed E-state index contributed by atoms with van der Waals surface area (Å²) in [5, 5.41) is 2.82. The first-order valence-electron chi connectivity index (χ1n) is 9.50. The van der Waals surface area contributed by atoms with E-state index in [1.165, 1.54) is 0 Å². The lowest BCUT2D eigenvalue weighted by Gasteiger charge is -2.26. The van der Waals surface area contributed by atoms with Crippen LogP contribution in [0.3, 0.4) is 0 Å². The van der Waals surface area contributed by atoms with E-state index in [-0.39, 0.29) is 5.91 Å². The van der Waals surface area contributed by atoms with Crippen LogP contribution < -0.4 is 10.1 Å². The quantitative estimate of drug-likeness (QED) is 0.696. The predicted octanol–water partition coefficient (Wildman–Crippen LogP) is 3.35. The molecule has 7 heteroatoms. The van der Waals surface area contributed by atoms with E-state index < -0.39 is 0 Å². The molecule has 29 heavy (non-hydrogen) atoms. The Kier molecular flexibility index (Phi) is 6.09. The highest BCUT2D eigenvalue weighted by Gasteiger charge is 2.11. The average Bonchev–Trinajstić information content (AvgIpc) is 2.77. The summed E-state index contributed by atoms with van der Waals surface area (Å²) < 4.78 is 11.1. The molecule has 1 amide bonds. The number of morpholine rings is 1. The van der Waals surface area contributed by atoms with Gasteiger partial charge >= 0.3 is 0 Å². The molecule has 1 aliphatic rings. The van der Waals surface area contributed by atoms with E-state index in [9.17, 15) is 4.79 Å². The molecule has 1 aliphatic heterocycles. The molecule has 0 saturated carbocycles. The minimum Gasteiger partial charge on any atom is -0.456 e. The number of pyridine rings is 2. The molecule has 0 spiro atoms. The lowest BCUT2D eigenvalue weighted by atomic mass is 10.2. The number of carbonyl (C=O) groups excluding carboxylic acids is 1. The highest BCUT2D eigenvalue weighted by Crippen LogP contribution is 2.21. The van der Waals surface area contributed by atoms with E-state index in [0.29, 0.717) is 22.9 Å². The highest BCUT2D eigenvalue weighted by atomic mass is 16.5. The van der Waals surface area contributed by atoms with Gasteiger partial charge in [-0.3, -0.25) is 14.7 Å². The summed E-state index contributed by atoms with van der Waals surface area (Å²) in [6.45, 7) is 4.24. The number of amides is 1. The number of carbonyl (C=O) groups is 1. The fourth-order valence-corrected chi connectivity index (χ4v) is 3.02. The van der Waals surface area contributed by atoms with Gasteiger partial charge in [-0.15, -0.1) is 0 Å². The molecule has 1 N–H and O–H groups in total. The number of benzene rings is 1. The standard InChI is InChI=1S/C22H22N4O3/c27-22(18-4-6-19(7-5-18)29-20-2-1-9-23-15-20)25-21-8-3-17(14-24-21)16-26-10-12-28-13-11-26/h1-9,14-15H,10-13,16H2,(H,24,25,27). The van der Waals surface area contributed by atoms with Crippen molar-refractivity contribution < 1.29 is 14.3 Å². The molecule has 3 aromatic rings. The van der Waals surface area contributed by atoms with Crippen molar-refractivity contribution in [2.24, 2.45) is 0 Å². The van der Waals surface area contributed by atoms with Gasteiger partial charge in [0.2, 0.25) is 0 Å². The maximum atomic E-state index is 12.5. The molecule has 3 heterocycles. The van der Waals surface area contributed by atoms with E-state index in [2.05, 4.69) is 20.2 Å². The molecule has 0 radical (unpaired) electrons. The van der Waals surface area contributed by atoms with Crippen LogP contribution in [-0.4, -0.2) is 47.1 Å².